The third-order valence-corrected chi connectivity index (χ3v) is 4.17. The molecule has 0 amide bonds. The predicted molar refractivity (Wildman–Crippen MR) is 133 cm³/mol. The topological polar surface area (TPSA) is 71.5 Å². The molecule has 0 spiro atoms. The van der Waals surface area contributed by atoms with Crippen LogP contribution in [0.1, 0.15) is 5.69 Å². The number of aliphatic hydroxyl groups excluding tert-OH is 1. The van der Waals surface area contributed by atoms with E-state index >= 15 is 0 Å². The maximum Gasteiger partial charge on any atom is 0.127 e. The second kappa shape index (κ2) is 16.5. The van der Waals surface area contributed by atoms with E-state index in [1.54, 1.807) is 18.3 Å². The average molecular weight is 459 g/mol. The Hall–Kier alpha value is -3.13. The van der Waals surface area contributed by atoms with Gasteiger partial charge in [-0.2, -0.15) is 0 Å². The summed E-state index contributed by atoms with van der Waals surface area (Å²) in [5, 5.41) is 10.1. The number of benzene rings is 2. The molecule has 0 saturated heterocycles. The van der Waals surface area contributed by atoms with E-state index in [1.165, 1.54) is 18.7 Å². The minimum Gasteiger partial charge on any atom is -0.457 e. The van der Waals surface area contributed by atoms with Crippen LogP contribution in [0.5, 0.6) is 11.5 Å². The Balaban J connectivity index is 0.000000724. The van der Waals surface area contributed by atoms with Gasteiger partial charge in [0.05, 0.1) is 27.7 Å². The summed E-state index contributed by atoms with van der Waals surface area (Å²) in [6, 6.07) is 17.8. The molecule has 1 heterocycles. The van der Waals surface area contributed by atoms with Crippen LogP contribution in [0.4, 0.5) is 4.39 Å². The summed E-state index contributed by atoms with van der Waals surface area (Å²) in [6.07, 6.45) is 1.80. The van der Waals surface area contributed by atoms with Crippen molar-refractivity contribution >= 4 is 6.79 Å². The Morgan fingerprint density at radius 2 is 1.45 bits per heavy atom. The van der Waals surface area contributed by atoms with Crippen LogP contribution in [-0.2, 0) is 4.79 Å². The number of carbonyl (C=O) groups is 1. The maximum absolute atomic E-state index is 12.8. The lowest BCUT2D eigenvalue weighted by atomic mass is 10.1. The number of ether oxygens (including phenoxy) is 1. The fourth-order valence-corrected chi connectivity index (χ4v) is 2.53. The van der Waals surface area contributed by atoms with Crippen molar-refractivity contribution < 1.29 is 23.5 Å². The van der Waals surface area contributed by atoms with E-state index in [2.05, 4.69) is 31.4 Å². The van der Waals surface area contributed by atoms with Crippen molar-refractivity contribution in [1.82, 2.24) is 10.3 Å². The molecular weight excluding hydrogens is 421 g/mol. The molecule has 2 aromatic carbocycles. The highest BCUT2D eigenvalue weighted by molar-refractivity contribution is 5.64. The lowest BCUT2D eigenvalue weighted by Crippen LogP contribution is -2.39. The Morgan fingerprint density at radius 3 is 1.88 bits per heavy atom. The number of pyridine rings is 1. The monoisotopic (exact) mass is 458 g/mol. The van der Waals surface area contributed by atoms with Gasteiger partial charge in [-0.05, 0) is 73.6 Å². The SMILES string of the molecule is C=O.CNCC[N+](C)(C)C.CO.Cc1cc(-c2ccc(Oc3ccc(F)cc3)cc2)ccn1. The lowest BCUT2D eigenvalue weighted by molar-refractivity contribution is -0.869. The molecule has 0 aliphatic heterocycles. The summed E-state index contributed by atoms with van der Waals surface area (Å²) in [7, 11) is 9.56. The van der Waals surface area contributed by atoms with Crippen LogP contribution in [-0.4, -0.2) is 69.8 Å². The fraction of sp³-hybridized carbons (Fsp3) is 0.308. The van der Waals surface area contributed by atoms with Gasteiger partial charge in [0.2, 0.25) is 0 Å². The molecule has 2 N–H and O–H groups in total. The summed E-state index contributed by atoms with van der Waals surface area (Å²) < 4.78 is 19.5. The van der Waals surface area contributed by atoms with Gasteiger partial charge in [0.15, 0.2) is 0 Å². The number of nitrogens with one attached hydrogen (secondary N) is 1. The summed E-state index contributed by atoms with van der Waals surface area (Å²) >= 11 is 0. The zero-order chi connectivity index (χ0) is 25.3. The van der Waals surface area contributed by atoms with Gasteiger partial charge < -0.3 is 24.4 Å². The van der Waals surface area contributed by atoms with Crippen molar-refractivity contribution in [2.24, 2.45) is 0 Å². The summed E-state index contributed by atoms with van der Waals surface area (Å²) in [4.78, 5) is 12.2. The number of carbonyl (C=O) groups excluding carboxylic acids is 1. The van der Waals surface area contributed by atoms with Crippen LogP contribution >= 0.6 is 0 Å². The second-order valence-electron chi connectivity index (χ2n) is 7.88. The highest BCUT2D eigenvalue weighted by Crippen LogP contribution is 2.26. The lowest BCUT2D eigenvalue weighted by Gasteiger charge is -2.23. The normalized spacial score (nSPS) is 9.82. The van der Waals surface area contributed by atoms with Gasteiger partial charge in [-0.25, -0.2) is 4.39 Å². The first-order valence-corrected chi connectivity index (χ1v) is 10.4. The molecule has 0 bridgehead atoms. The number of aliphatic hydroxyl groups is 1. The highest BCUT2D eigenvalue weighted by Gasteiger charge is 2.03. The number of aryl methyl sites for hydroxylation is 1. The molecule has 180 valence electrons. The van der Waals surface area contributed by atoms with Gasteiger partial charge in [-0.1, -0.05) is 12.1 Å². The molecule has 0 aliphatic carbocycles. The number of nitrogens with zero attached hydrogens (tertiary/aromatic N) is 2. The van der Waals surface area contributed by atoms with Gasteiger partial charge in [-0.3, -0.25) is 4.98 Å². The van der Waals surface area contributed by atoms with Crippen LogP contribution in [0.3, 0.4) is 0 Å². The quantitative estimate of drug-likeness (QED) is 0.538. The minimum atomic E-state index is -0.272. The highest BCUT2D eigenvalue weighted by atomic mass is 19.1. The zero-order valence-electron chi connectivity index (χ0n) is 20.5. The number of aromatic nitrogens is 1. The molecule has 0 atom stereocenters. The number of rotatable bonds is 6. The van der Waals surface area contributed by atoms with Gasteiger partial charge >= 0.3 is 0 Å². The van der Waals surface area contributed by atoms with Crippen molar-refractivity contribution in [2.45, 2.75) is 6.92 Å². The van der Waals surface area contributed by atoms with Crippen molar-refractivity contribution in [3.05, 3.63) is 78.4 Å². The van der Waals surface area contributed by atoms with Crippen molar-refractivity contribution in [1.29, 1.82) is 0 Å². The number of likely N-dealkylation sites (N-methyl/N-ethyl adjacent to an activating group) is 2. The van der Waals surface area contributed by atoms with Crippen LogP contribution in [0.25, 0.3) is 11.1 Å². The van der Waals surface area contributed by atoms with Gasteiger partial charge in [0.25, 0.3) is 0 Å². The molecule has 7 heteroatoms. The van der Waals surface area contributed by atoms with E-state index in [4.69, 9.17) is 14.6 Å². The fourth-order valence-electron chi connectivity index (χ4n) is 2.53. The third kappa shape index (κ3) is 13.1. The largest absolute Gasteiger partial charge is 0.457 e. The van der Waals surface area contributed by atoms with E-state index in [0.717, 1.165) is 40.7 Å². The number of halogens is 1. The summed E-state index contributed by atoms with van der Waals surface area (Å²) in [5.41, 5.74) is 3.21. The molecule has 33 heavy (non-hydrogen) atoms. The molecule has 1 aromatic heterocycles. The van der Waals surface area contributed by atoms with Crippen LogP contribution < -0.4 is 10.1 Å². The molecule has 0 unspecified atom stereocenters. The average Bonchev–Trinajstić information content (AvgIpc) is 2.82. The van der Waals surface area contributed by atoms with E-state index in [0.29, 0.717) is 5.75 Å². The first-order valence-electron chi connectivity index (χ1n) is 10.4. The molecule has 3 rings (SSSR count). The Morgan fingerprint density at radius 1 is 0.939 bits per heavy atom. The minimum absolute atomic E-state index is 0.272. The first kappa shape index (κ1) is 29.9. The number of quaternary nitrogens is 1. The van der Waals surface area contributed by atoms with Crippen LogP contribution in [0.15, 0.2) is 66.9 Å². The Bertz CT molecular complexity index is 896. The molecular formula is C26H37FN3O3+. The molecule has 0 fully saturated rings. The van der Waals surface area contributed by atoms with Gasteiger partial charge in [0.1, 0.15) is 24.1 Å². The Labute approximate surface area is 197 Å². The second-order valence-corrected chi connectivity index (χ2v) is 7.88. The smallest absolute Gasteiger partial charge is 0.127 e. The van der Waals surface area contributed by atoms with Gasteiger partial charge in [-0.15, -0.1) is 0 Å². The molecule has 0 saturated carbocycles. The van der Waals surface area contributed by atoms with E-state index in [1.807, 2.05) is 57.2 Å². The zero-order valence-corrected chi connectivity index (χ0v) is 20.5. The van der Waals surface area contributed by atoms with E-state index in [-0.39, 0.29) is 5.82 Å². The van der Waals surface area contributed by atoms with Crippen molar-refractivity contribution in [2.75, 3.05) is 48.4 Å². The van der Waals surface area contributed by atoms with Crippen molar-refractivity contribution in [3.8, 4) is 22.6 Å². The molecule has 0 radical (unpaired) electrons. The van der Waals surface area contributed by atoms with Crippen molar-refractivity contribution in [3.63, 3.8) is 0 Å². The first-order chi connectivity index (χ1) is 15.8. The van der Waals surface area contributed by atoms with Crippen LogP contribution in [0.2, 0.25) is 0 Å². The summed E-state index contributed by atoms with van der Waals surface area (Å²) in [6.45, 7) is 6.26. The molecule has 3 aromatic rings. The van der Waals surface area contributed by atoms with E-state index < -0.39 is 0 Å². The molecule has 0 aliphatic rings. The third-order valence-electron chi connectivity index (χ3n) is 4.17. The Kier molecular flexibility index (Phi) is 14.9. The maximum atomic E-state index is 12.8. The molecule has 6 nitrogen and oxygen atoms in total. The summed E-state index contributed by atoms with van der Waals surface area (Å²) in [5.74, 6) is 1.06. The number of hydrogen-bond acceptors (Lipinski definition) is 5. The predicted octanol–water partition coefficient (Wildman–Crippen LogP) is 4.32. The van der Waals surface area contributed by atoms with Crippen LogP contribution in [0, 0.1) is 12.7 Å². The van der Waals surface area contributed by atoms with E-state index in [9.17, 15) is 4.39 Å². The standard InChI is InChI=1S/C18H14FNO.C6H17N2.CH4O.CH2O/c1-13-12-15(10-11-20-13)14-2-6-17(7-3-14)21-18-8-4-16(19)5-9-18;1-7-5-6-8(2,3)4;2*1-2/h2-12H,1H3;7H,5-6H2,1-4H3;2H,1H3;1H2/q;+1;;. The number of hydrogen-bond donors (Lipinski definition) is 2. The van der Waals surface area contributed by atoms with Gasteiger partial charge in [0, 0.05) is 25.5 Å².